The van der Waals surface area contributed by atoms with Crippen LogP contribution in [-0.4, -0.2) is 12.7 Å². The summed E-state index contributed by atoms with van der Waals surface area (Å²) in [6, 6.07) is 9.01. The minimum absolute atomic E-state index is 0.177. The topological polar surface area (TPSA) is 47.6 Å². The SMILES string of the molecule is O=C(Nc1ccc2c(c1)OCO2)c1ccc(F)cc1Br. The summed E-state index contributed by atoms with van der Waals surface area (Å²) >= 11 is 3.17. The summed E-state index contributed by atoms with van der Waals surface area (Å²) in [4.78, 5) is 12.1. The third kappa shape index (κ3) is 2.46. The lowest BCUT2D eigenvalue weighted by molar-refractivity contribution is 0.102. The predicted molar refractivity (Wildman–Crippen MR) is 74.6 cm³/mol. The summed E-state index contributed by atoms with van der Waals surface area (Å²) in [6.45, 7) is 0.177. The molecule has 3 rings (SSSR count). The summed E-state index contributed by atoms with van der Waals surface area (Å²) in [5.74, 6) is 0.485. The van der Waals surface area contributed by atoms with E-state index in [-0.39, 0.29) is 12.7 Å². The highest BCUT2D eigenvalue weighted by Crippen LogP contribution is 2.34. The highest BCUT2D eigenvalue weighted by molar-refractivity contribution is 9.10. The summed E-state index contributed by atoms with van der Waals surface area (Å²) in [5.41, 5.74) is 0.930. The maximum absolute atomic E-state index is 13.0. The third-order valence-corrected chi connectivity index (χ3v) is 3.46. The molecule has 0 atom stereocenters. The standard InChI is InChI=1S/C14H9BrFNO3/c15-11-5-8(16)1-3-10(11)14(18)17-9-2-4-12-13(6-9)20-7-19-12/h1-6H,7H2,(H,17,18). The van der Waals surface area contributed by atoms with Crippen molar-refractivity contribution in [2.45, 2.75) is 0 Å². The number of benzene rings is 2. The molecule has 1 amide bonds. The van der Waals surface area contributed by atoms with Crippen molar-refractivity contribution < 1.29 is 18.7 Å². The van der Waals surface area contributed by atoms with Crippen molar-refractivity contribution in [2.75, 3.05) is 12.1 Å². The third-order valence-electron chi connectivity index (χ3n) is 2.81. The molecule has 1 aliphatic heterocycles. The molecular weight excluding hydrogens is 329 g/mol. The number of fused-ring (bicyclic) bond motifs is 1. The molecule has 0 bridgehead atoms. The summed E-state index contributed by atoms with van der Waals surface area (Å²) in [6.07, 6.45) is 0. The number of anilines is 1. The van der Waals surface area contributed by atoms with Gasteiger partial charge in [-0.25, -0.2) is 4.39 Å². The molecule has 1 aliphatic rings. The van der Waals surface area contributed by atoms with Gasteiger partial charge in [-0.2, -0.15) is 0 Å². The zero-order chi connectivity index (χ0) is 14.1. The van der Waals surface area contributed by atoms with E-state index >= 15 is 0 Å². The van der Waals surface area contributed by atoms with E-state index in [0.29, 0.717) is 27.2 Å². The lowest BCUT2D eigenvalue weighted by atomic mass is 10.2. The van der Waals surface area contributed by atoms with E-state index in [4.69, 9.17) is 9.47 Å². The average Bonchev–Trinajstić information content (AvgIpc) is 2.85. The van der Waals surface area contributed by atoms with Gasteiger partial charge in [0.15, 0.2) is 11.5 Å². The number of carbonyl (C=O) groups is 1. The smallest absolute Gasteiger partial charge is 0.256 e. The molecule has 20 heavy (non-hydrogen) atoms. The van der Waals surface area contributed by atoms with E-state index in [0.717, 1.165) is 0 Å². The quantitative estimate of drug-likeness (QED) is 0.911. The van der Waals surface area contributed by atoms with Crippen LogP contribution in [0, 0.1) is 5.82 Å². The molecular formula is C14H9BrFNO3. The second-order valence-electron chi connectivity index (χ2n) is 4.15. The van der Waals surface area contributed by atoms with Crippen LogP contribution in [0.15, 0.2) is 40.9 Å². The van der Waals surface area contributed by atoms with E-state index < -0.39 is 5.82 Å². The highest BCUT2D eigenvalue weighted by atomic mass is 79.9. The van der Waals surface area contributed by atoms with Crippen LogP contribution in [-0.2, 0) is 0 Å². The average molecular weight is 338 g/mol. The monoisotopic (exact) mass is 337 g/mol. The maximum atomic E-state index is 13.0. The van der Waals surface area contributed by atoms with Crippen molar-refractivity contribution in [1.29, 1.82) is 0 Å². The largest absolute Gasteiger partial charge is 0.454 e. The zero-order valence-electron chi connectivity index (χ0n) is 10.2. The molecule has 0 unspecified atom stereocenters. The van der Waals surface area contributed by atoms with Crippen LogP contribution in [0.4, 0.5) is 10.1 Å². The molecule has 0 radical (unpaired) electrons. The highest BCUT2D eigenvalue weighted by Gasteiger charge is 2.15. The molecule has 0 aromatic heterocycles. The minimum Gasteiger partial charge on any atom is -0.454 e. The number of halogens is 2. The first-order valence-corrected chi connectivity index (χ1v) is 6.59. The normalized spacial score (nSPS) is 12.3. The van der Waals surface area contributed by atoms with Crippen LogP contribution in [0.2, 0.25) is 0 Å². The number of nitrogens with one attached hydrogen (secondary N) is 1. The van der Waals surface area contributed by atoms with Gasteiger partial charge in [-0.05, 0) is 46.3 Å². The van der Waals surface area contributed by atoms with Crippen LogP contribution in [0.25, 0.3) is 0 Å². The summed E-state index contributed by atoms with van der Waals surface area (Å²) < 4.78 is 23.8. The molecule has 0 spiro atoms. The zero-order valence-corrected chi connectivity index (χ0v) is 11.7. The molecule has 1 heterocycles. The minimum atomic E-state index is -0.406. The molecule has 6 heteroatoms. The predicted octanol–water partition coefficient (Wildman–Crippen LogP) is 3.57. The van der Waals surface area contributed by atoms with Crippen molar-refractivity contribution in [3.63, 3.8) is 0 Å². The van der Waals surface area contributed by atoms with E-state index in [1.165, 1.54) is 18.2 Å². The Bertz CT molecular complexity index is 690. The molecule has 2 aromatic rings. The molecule has 1 N–H and O–H groups in total. The molecule has 4 nitrogen and oxygen atoms in total. The Balaban J connectivity index is 1.82. The van der Waals surface area contributed by atoms with E-state index in [1.54, 1.807) is 18.2 Å². The van der Waals surface area contributed by atoms with Crippen LogP contribution in [0.5, 0.6) is 11.5 Å². The molecule has 0 aliphatic carbocycles. The fourth-order valence-corrected chi connectivity index (χ4v) is 2.38. The van der Waals surface area contributed by atoms with Gasteiger partial charge in [0.1, 0.15) is 5.82 Å². The lowest BCUT2D eigenvalue weighted by Crippen LogP contribution is -2.12. The van der Waals surface area contributed by atoms with Gasteiger partial charge in [-0.1, -0.05) is 0 Å². The van der Waals surface area contributed by atoms with Crippen LogP contribution in [0.3, 0.4) is 0 Å². The molecule has 0 fully saturated rings. The maximum Gasteiger partial charge on any atom is 0.256 e. The van der Waals surface area contributed by atoms with Crippen molar-refractivity contribution in [3.05, 3.63) is 52.3 Å². The van der Waals surface area contributed by atoms with E-state index in [9.17, 15) is 9.18 Å². The first-order valence-electron chi connectivity index (χ1n) is 5.79. The summed E-state index contributed by atoms with van der Waals surface area (Å²) in [7, 11) is 0. The van der Waals surface area contributed by atoms with Gasteiger partial charge in [0, 0.05) is 16.2 Å². The summed E-state index contributed by atoms with van der Waals surface area (Å²) in [5, 5.41) is 2.72. The second-order valence-corrected chi connectivity index (χ2v) is 5.00. The van der Waals surface area contributed by atoms with E-state index in [2.05, 4.69) is 21.2 Å². The fraction of sp³-hybridized carbons (Fsp3) is 0.0714. The number of rotatable bonds is 2. The molecule has 102 valence electrons. The number of carbonyl (C=O) groups excluding carboxylic acids is 1. The van der Waals surface area contributed by atoms with Crippen molar-refractivity contribution in [1.82, 2.24) is 0 Å². The van der Waals surface area contributed by atoms with Crippen LogP contribution in [0.1, 0.15) is 10.4 Å². The molecule has 0 saturated carbocycles. The van der Waals surface area contributed by atoms with Gasteiger partial charge in [0.05, 0.1) is 5.56 Å². The Hall–Kier alpha value is -2.08. The Kier molecular flexibility index (Phi) is 3.31. The fourth-order valence-electron chi connectivity index (χ4n) is 1.85. The van der Waals surface area contributed by atoms with Gasteiger partial charge in [-0.15, -0.1) is 0 Å². The van der Waals surface area contributed by atoms with Crippen molar-refractivity contribution >= 4 is 27.5 Å². The lowest BCUT2D eigenvalue weighted by Gasteiger charge is -2.07. The second kappa shape index (κ2) is 5.13. The number of hydrogen-bond acceptors (Lipinski definition) is 3. The number of amides is 1. The molecule has 2 aromatic carbocycles. The Morgan fingerprint density at radius 3 is 2.75 bits per heavy atom. The first-order chi connectivity index (χ1) is 9.63. The Labute approximate surface area is 122 Å². The number of hydrogen-bond donors (Lipinski definition) is 1. The van der Waals surface area contributed by atoms with Gasteiger partial charge in [-0.3, -0.25) is 4.79 Å². The van der Waals surface area contributed by atoms with E-state index in [1.807, 2.05) is 0 Å². The van der Waals surface area contributed by atoms with Gasteiger partial charge >= 0.3 is 0 Å². The van der Waals surface area contributed by atoms with Crippen molar-refractivity contribution in [2.24, 2.45) is 0 Å². The van der Waals surface area contributed by atoms with Crippen LogP contribution >= 0.6 is 15.9 Å². The van der Waals surface area contributed by atoms with Crippen molar-refractivity contribution in [3.8, 4) is 11.5 Å². The molecule has 0 saturated heterocycles. The first kappa shape index (κ1) is 12.9. The van der Waals surface area contributed by atoms with Gasteiger partial charge < -0.3 is 14.8 Å². The Morgan fingerprint density at radius 1 is 1.15 bits per heavy atom. The van der Waals surface area contributed by atoms with Gasteiger partial charge in [0.2, 0.25) is 6.79 Å². The number of ether oxygens (including phenoxy) is 2. The Morgan fingerprint density at radius 2 is 1.95 bits per heavy atom. The van der Waals surface area contributed by atoms with Crippen LogP contribution < -0.4 is 14.8 Å². The van der Waals surface area contributed by atoms with Gasteiger partial charge in [0.25, 0.3) is 5.91 Å².